The van der Waals surface area contributed by atoms with Gasteiger partial charge in [0.25, 0.3) is 0 Å². The van der Waals surface area contributed by atoms with Gasteiger partial charge in [-0.1, -0.05) is 0 Å². The number of hydrogen-bond acceptors (Lipinski definition) is 7. The maximum Gasteiger partial charge on any atom is 0.573 e. The Morgan fingerprint density at radius 3 is 2.22 bits per heavy atom. The van der Waals surface area contributed by atoms with E-state index in [1.165, 1.54) is 9.21 Å². The van der Waals surface area contributed by atoms with Crippen LogP contribution in [0.5, 0.6) is 5.75 Å². The van der Waals surface area contributed by atoms with Crippen molar-refractivity contribution in [2.75, 3.05) is 44.2 Å². The Hall–Kier alpha value is -3.36. The fourth-order valence-corrected chi connectivity index (χ4v) is 5.47. The Kier molecular flexibility index (Phi) is 7.11. The Balaban J connectivity index is 1.30. The van der Waals surface area contributed by atoms with E-state index in [4.69, 9.17) is 15.9 Å². The molecule has 0 radical (unpaired) electrons. The van der Waals surface area contributed by atoms with E-state index in [-0.39, 0.29) is 23.8 Å². The van der Waals surface area contributed by atoms with Crippen LogP contribution in [0, 0.1) is 5.41 Å². The third-order valence-electron chi connectivity index (χ3n) is 5.85. The predicted molar refractivity (Wildman–Crippen MR) is 123 cm³/mol. The average Bonchev–Trinajstić information content (AvgIpc) is 3.18. The first-order chi connectivity index (χ1) is 16.9. The second kappa shape index (κ2) is 9.95. The van der Waals surface area contributed by atoms with Crippen molar-refractivity contribution < 1.29 is 35.9 Å². The number of cyclic esters (lactones) is 1. The summed E-state index contributed by atoms with van der Waals surface area (Å²) in [6.07, 6.45) is -5.76. The van der Waals surface area contributed by atoms with E-state index >= 15 is 0 Å². The molecule has 2 aliphatic heterocycles. The van der Waals surface area contributed by atoms with Crippen molar-refractivity contribution in [1.29, 1.82) is 5.41 Å². The summed E-state index contributed by atoms with van der Waals surface area (Å²) in [7, 11) is -3.88. The maximum absolute atomic E-state index is 12.9. The molecule has 2 aromatic carbocycles. The van der Waals surface area contributed by atoms with E-state index in [1.54, 1.807) is 24.3 Å². The van der Waals surface area contributed by atoms with Gasteiger partial charge in [0.1, 0.15) is 17.7 Å². The number of amides is 1. The summed E-state index contributed by atoms with van der Waals surface area (Å²) in [4.78, 5) is 15.7. The van der Waals surface area contributed by atoms with Gasteiger partial charge < -0.3 is 15.2 Å². The summed E-state index contributed by atoms with van der Waals surface area (Å²) in [6, 6.07) is 10.8. The van der Waals surface area contributed by atoms with Crippen LogP contribution in [0.2, 0.25) is 0 Å². The van der Waals surface area contributed by atoms with Gasteiger partial charge in [-0.05, 0) is 48.5 Å². The number of benzene rings is 2. The number of carbonyl (C=O) groups excluding carboxylic acids is 1. The molecule has 0 saturated carbocycles. The molecule has 2 saturated heterocycles. The van der Waals surface area contributed by atoms with Gasteiger partial charge in [0.15, 0.2) is 0 Å². The molecular formula is C22H24F3N5O5S. The third kappa shape index (κ3) is 5.88. The number of nitrogens with one attached hydrogen (secondary N) is 1. The second-order valence-corrected chi connectivity index (χ2v) is 10.2. The molecule has 4 rings (SSSR count). The first-order valence-electron chi connectivity index (χ1n) is 10.9. The quantitative estimate of drug-likeness (QED) is 0.417. The zero-order chi connectivity index (χ0) is 26.1. The van der Waals surface area contributed by atoms with E-state index < -0.39 is 34.3 Å². The molecule has 36 heavy (non-hydrogen) atoms. The Labute approximate surface area is 205 Å². The molecule has 14 heteroatoms. The number of amidine groups is 1. The number of nitrogen functional groups attached to an aromatic ring is 1. The van der Waals surface area contributed by atoms with Gasteiger partial charge in [0, 0.05) is 44.0 Å². The van der Waals surface area contributed by atoms with Crippen molar-refractivity contribution in [2.45, 2.75) is 17.4 Å². The number of halogens is 3. The molecule has 0 aromatic heterocycles. The highest BCUT2D eigenvalue weighted by Crippen LogP contribution is 2.26. The molecule has 0 spiro atoms. The number of ether oxygens (including phenoxy) is 2. The summed E-state index contributed by atoms with van der Waals surface area (Å²) < 4.78 is 73.3. The van der Waals surface area contributed by atoms with Gasteiger partial charge in [-0.3, -0.25) is 15.2 Å². The lowest BCUT2D eigenvalue weighted by Crippen LogP contribution is -2.50. The Morgan fingerprint density at radius 2 is 1.67 bits per heavy atom. The maximum atomic E-state index is 12.9. The van der Waals surface area contributed by atoms with Crippen LogP contribution in [0.15, 0.2) is 53.4 Å². The van der Waals surface area contributed by atoms with E-state index in [2.05, 4.69) is 4.74 Å². The normalized spacial score (nSPS) is 19.8. The van der Waals surface area contributed by atoms with Crippen molar-refractivity contribution >= 4 is 27.6 Å². The minimum Gasteiger partial charge on any atom is -0.443 e. The standard InChI is InChI=1S/C22H24F3N5O5S/c23-22(24,25)35-17-5-7-19(8-6-17)36(32,33)29-11-9-28(10-12-29)13-18-14-30(21(31)34-18)16-3-1-15(2-4-16)20(26)27/h1-8,18H,9-14H2,(H3,26,27). The smallest absolute Gasteiger partial charge is 0.443 e. The van der Waals surface area contributed by atoms with Crippen LogP contribution >= 0.6 is 0 Å². The van der Waals surface area contributed by atoms with Crippen LogP contribution < -0.4 is 15.4 Å². The molecule has 2 fully saturated rings. The predicted octanol–water partition coefficient (Wildman–Crippen LogP) is 2.20. The van der Waals surface area contributed by atoms with Crippen molar-refractivity contribution in [3.63, 3.8) is 0 Å². The number of piperazine rings is 1. The first kappa shape index (κ1) is 25.7. The minimum atomic E-state index is -4.86. The fourth-order valence-electron chi connectivity index (χ4n) is 4.05. The largest absolute Gasteiger partial charge is 0.573 e. The summed E-state index contributed by atoms with van der Waals surface area (Å²) in [6.45, 7) is 1.90. The average molecular weight is 528 g/mol. The number of nitrogens with two attached hydrogens (primary N) is 1. The lowest BCUT2D eigenvalue weighted by atomic mass is 10.2. The van der Waals surface area contributed by atoms with Crippen LogP contribution in [0.1, 0.15) is 5.56 Å². The monoisotopic (exact) mass is 527 g/mol. The van der Waals surface area contributed by atoms with Gasteiger partial charge in [-0.15, -0.1) is 13.2 Å². The lowest BCUT2D eigenvalue weighted by molar-refractivity contribution is -0.274. The van der Waals surface area contributed by atoms with Crippen LogP contribution in [0.25, 0.3) is 0 Å². The number of hydrogen-bond donors (Lipinski definition) is 2. The van der Waals surface area contributed by atoms with E-state index in [0.717, 1.165) is 24.3 Å². The molecule has 10 nitrogen and oxygen atoms in total. The third-order valence-corrected chi connectivity index (χ3v) is 7.77. The number of rotatable bonds is 7. The van der Waals surface area contributed by atoms with Gasteiger partial charge in [0.2, 0.25) is 10.0 Å². The van der Waals surface area contributed by atoms with Gasteiger partial charge in [-0.2, -0.15) is 4.31 Å². The molecule has 2 aliphatic rings. The van der Waals surface area contributed by atoms with E-state index in [1.807, 2.05) is 4.90 Å². The van der Waals surface area contributed by atoms with Gasteiger partial charge in [-0.25, -0.2) is 13.2 Å². The van der Waals surface area contributed by atoms with Crippen molar-refractivity contribution in [2.24, 2.45) is 5.73 Å². The molecule has 1 amide bonds. The molecule has 2 aromatic rings. The van der Waals surface area contributed by atoms with E-state index in [0.29, 0.717) is 37.4 Å². The zero-order valence-electron chi connectivity index (χ0n) is 18.9. The summed E-state index contributed by atoms with van der Waals surface area (Å²) in [5, 5.41) is 7.45. The van der Waals surface area contributed by atoms with Crippen LogP contribution in [0.3, 0.4) is 0 Å². The highest BCUT2D eigenvalue weighted by Gasteiger charge is 2.36. The lowest BCUT2D eigenvalue weighted by Gasteiger charge is -2.34. The molecule has 3 N–H and O–H groups in total. The Morgan fingerprint density at radius 1 is 1.06 bits per heavy atom. The SMILES string of the molecule is N=C(N)c1ccc(N2CC(CN3CCN(S(=O)(=O)c4ccc(OC(F)(F)F)cc4)CC3)OC2=O)cc1. The van der Waals surface area contributed by atoms with Crippen LogP contribution in [0.4, 0.5) is 23.7 Å². The van der Waals surface area contributed by atoms with E-state index in [9.17, 15) is 26.4 Å². The molecule has 0 bridgehead atoms. The highest BCUT2D eigenvalue weighted by molar-refractivity contribution is 7.89. The molecular weight excluding hydrogens is 503 g/mol. The summed E-state index contributed by atoms with van der Waals surface area (Å²) >= 11 is 0. The molecule has 1 atom stereocenters. The number of alkyl halides is 3. The van der Waals surface area contributed by atoms with Crippen molar-refractivity contribution in [1.82, 2.24) is 9.21 Å². The number of carbonyl (C=O) groups is 1. The molecule has 194 valence electrons. The first-order valence-corrected chi connectivity index (χ1v) is 12.4. The summed E-state index contributed by atoms with van der Waals surface area (Å²) in [5.74, 6) is -0.571. The molecule has 2 heterocycles. The summed E-state index contributed by atoms with van der Waals surface area (Å²) in [5.41, 5.74) is 6.62. The highest BCUT2D eigenvalue weighted by atomic mass is 32.2. The van der Waals surface area contributed by atoms with Crippen molar-refractivity contribution in [3.05, 3.63) is 54.1 Å². The van der Waals surface area contributed by atoms with Gasteiger partial charge in [0.05, 0.1) is 11.4 Å². The Bertz CT molecular complexity index is 1210. The van der Waals surface area contributed by atoms with Crippen LogP contribution in [-0.4, -0.2) is 81.3 Å². The zero-order valence-corrected chi connectivity index (χ0v) is 19.8. The molecule has 0 aliphatic carbocycles. The topological polar surface area (TPSA) is 129 Å². The number of nitrogens with zero attached hydrogens (tertiary/aromatic N) is 3. The van der Waals surface area contributed by atoms with Crippen LogP contribution in [-0.2, 0) is 14.8 Å². The van der Waals surface area contributed by atoms with Gasteiger partial charge >= 0.3 is 12.5 Å². The fraction of sp³-hybridized carbons (Fsp3) is 0.364. The number of anilines is 1. The minimum absolute atomic E-state index is 0.0722. The van der Waals surface area contributed by atoms with Crippen molar-refractivity contribution in [3.8, 4) is 5.75 Å². The number of sulfonamides is 1. The molecule has 1 unspecified atom stereocenters. The second-order valence-electron chi connectivity index (χ2n) is 8.30.